The quantitative estimate of drug-likeness (QED) is 0.138. The summed E-state index contributed by atoms with van der Waals surface area (Å²) in [7, 11) is 0. The summed E-state index contributed by atoms with van der Waals surface area (Å²) >= 11 is 0. The molecule has 0 saturated heterocycles. The Bertz CT molecular complexity index is 4020. The number of hydrogen-bond acceptors (Lipinski definition) is 1. The third-order valence-corrected chi connectivity index (χ3v) is 13.8. The summed E-state index contributed by atoms with van der Waals surface area (Å²) in [5, 5.41) is 9.98. The minimum atomic E-state index is 1.07. The summed E-state index contributed by atoms with van der Waals surface area (Å²) in [6, 6.07) is 97.6. The van der Waals surface area contributed by atoms with Crippen LogP contribution in [0.4, 0.5) is 17.1 Å². The van der Waals surface area contributed by atoms with Crippen LogP contribution in [0.1, 0.15) is 0 Å². The van der Waals surface area contributed by atoms with Gasteiger partial charge in [0.15, 0.2) is 0 Å². The Morgan fingerprint density at radius 1 is 0.265 bits per heavy atom. The molecule has 0 bridgehead atoms. The number of benzene rings is 12. The zero-order valence-electron chi connectivity index (χ0n) is 37.3. The number of para-hydroxylation sites is 2. The molecule has 0 atom stereocenters. The van der Waals surface area contributed by atoms with Crippen molar-refractivity contribution in [3.63, 3.8) is 0 Å². The van der Waals surface area contributed by atoms with Gasteiger partial charge in [-0.3, -0.25) is 0 Å². The molecular weight excluding hydrogens is 821 g/mol. The molecule has 1 heterocycles. The van der Waals surface area contributed by atoms with E-state index in [4.69, 9.17) is 0 Å². The van der Waals surface area contributed by atoms with Crippen LogP contribution in [-0.4, -0.2) is 4.57 Å². The van der Waals surface area contributed by atoms with Crippen molar-refractivity contribution in [2.45, 2.75) is 0 Å². The van der Waals surface area contributed by atoms with E-state index in [1.807, 2.05) is 0 Å². The molecule has 13 aromatic rings. The third-order valence-electron chi connectivity index (χ3n) is 13.8. The Balaban J connectivity index is 1.02. The van der Waals surface area contributed by atoms with E-state index in [1.165, 1.54) is 76.4 Å². The van der Waals surface area contributed by atoms with Crippen molar-refractivity contribution in [2.75, 3.05) is 4.90 Å². The van der Waals surface area contributed by atoms with E-state index in [9.17, 15) is 0 Å². The minimum absolute atomic E-state index is 1.07. The van der Waals surface area contributed by atoms with Gasteiger partial charge >= 0.3 is 0 Å². The highest BCUT2D eigenvalue weighted by molar-refractivity contribution is 6.19. The molecule has 0 radical (unpaired) electrons. The first-order valence-corrected chi connectivity index (χ1v) is 23.4. The Morgan fingerprint density at radius 3 is 1.68 bits per heavy atom. The average Bonchev–Trinajstić information content (AvgIpc) is 3.76. The number of fused-ring (bicyclic) bond motifs is 8. The zero-order valence-corrected chi connectivity index (χ0v) is 37.3. The molecule has 0 aliphatic rings. The first-order chi connectivity index (χ1) is 33.7. The van der Waals surface area contributed by atoms with Crippen LogP contribution >= 0.6 is 0 Å². The van der Waals surface area contributed by atoms with Crippen molar-refractivity contribution in [2.24, 2.45) is 0 Å². The van der Waals surface area contributed by atoms with Crippen LogP contribution in [-0.2, 0) is 0 Å². The first kappa shape index (κ1) is 39.4. The van der Waals surface area contributed by atoms with E-state index >= 15 is 0 Å². The molecule has 68 heavy (non-hydrogen) atoms. The maximum Gasteiger partial charge on any atom is 0.0619 e. The fourth-order valence-corrected chi connectivity index (χ4v) is 10.6. The second-order valence-corrected chi connectivity index (χ2v) is 17.6. The van der Waals surface area contributed by atoms with Crippen LogP contribution in [0.15, 0.2) is 267 Å². The molecule has 0 saturated carbocycles. The molecule has 1 aromatic heterocycles. The molecule has 2 nitrogen and oxygen atoms in total. The number of anilines is 3. The van der Waals surface area contributed by atoms with Crippen LogP contribution in [0.5, 0.6) is 0 Å². The second kappa shape index (κ2) is 16.5. The fourth-order valence-electron chi connectivity index (χ4n) is 10.6. The Labute approximate surface area is 395 Å². The summed E-state index contributed by atoms with van der Waals surface area (Å²) in [5.41, 5.74) is 16.2. The Hall–Kier alpha value is -8.98. The number of nitrogens with zero attached hydrogens (tertiary/aromatic N) is 2. The molecule has 2 heteroatoms. The lowest BCUT2D eigenvalue weighted by atomic mass is 9.92. The average molecular weight is 865 g/mol. The van der Waals surface area contributed by atoms with Gasteiger partial charge in [0.2, 0.25) is 0 Å². The van der Waals surface area contributed by atoms with Crippen molar-refractivity contribution >= 4 is 71.2 Å². The van der Waals surface area contributed by atoms with Crippen LogP contribution in [0.2, 0.25) is 0 Å². The minimum Gasteiger partial charge on any atom is -0.310 e. The van der Waals surface area contributed by atoms with E-state index in [-0.39, 0.29) is 0 Å². The lowest BCUT2D eigenvalue weighted by Crippen LogP contribution is -2.11. The Kier molecular flexibility index (Phi) is 9.54. The van der Waals surface area contributed by atoms with Gasteiger partial charge < -0.3 is 9.47 Å². The summed E-state index contributed by atoms with van der Waals surface area (Å²) in [6.45, 7) is 0. The largest absolute Gasteiger partial charge is 0.310 e. The number of hydrogen-bond donors (Lipinski definition) is 0. The number of rotatable bonds is 8. The highest BCUT2D eigenvalue weighted by Gasteiger charge is 2.22. The van der Waals surface area contributed by atoms with E-state index in [0.29, 0.717) is 0 Å². The maximum atomic E-state index is 2.48. The fraction of sp³-hybridized carbons (Fsp3) is 0. The van der Waals surface area contributed by atoms with Crippen LogP contribution in [0, 0.1) is 0 Å². The molecular formula is C66H44N2. The predicted octanol–water partition coefficient (Wildman–Crippen LogP) is 18.4. The van der Waals surface area contributed by atoms with E-state index in [2.05, 4.69) is 276 Å². The Morgan fingerprint density at radius 2 is 0.868 bits per heavy atom. The van der Waals surface area contributed by atoms with Gasteiger partial charge in [0.05, 0.1) is 22.4 Å². The molecule has 0 aliphatic carbocycles. The molecule has 0 aliphatic heterocycles. The topological polar surface area (TPSA) is 8.17 Å². The SMILES string of the molecule is c1ccc(-c2ccc(-c3ccccc3)c(N(c3ccc(-c4ccccc4-n4c5ccccc5c5ccc6ccccc6c54)cc3)c3cccc(-c4cc5ccccc5c5ccccc45)c3)c2)cc1. The lowest BCUT2D eigenvalue weighted by Gasteiger charge is -2.29. The van der Waals surface area contributed by atoms with E-state index in [0.717, 1.165) is 45.0 Å². The van der Waals surface area contributed by atoms with Gasteiger partial charge in [-0.25, -0.2) is 0 Å². The molecule has 0 N–H and O–H groups in total. The molecule has 0 unspecified atom stereocenters. The van der Waals surface area contributed by atoms with Gasteiger partial charge in [0.25, 0.3) is 0 Å². The van der Waals surface area contributed by atoms with E-state index in [1.54, 1.807) is 0 Å². The molecule has 0 spiro atoms. The van der Waals surface area contributed by atoms with Crippen LogP contribution < -0.4 is 4.90 Å². The van der Waals surface area contributed by atoms with Crippen LogP contribution in [0.25, 0.3) is 104 Å². The van der Waals surface area contributed by atoms with Gasteiger partial charge in [-0.15, -0.1) is 0 Å². The monoisotopic (exact) mass is 864 g/mol. The zero-order chi connectivity index (χ0) is 45.0. The van der Waals surface area contributed by atoms with Crippen molar-refractivity contribution < 1.29 is 0 Å². The molecule has 0 amide bonds. The lowest BCUT2D eigenvalue weighted by molar-refractivity contribution is 1.19. The van der Waals surface area contributed by atoms with Gasteiger partial charge in [0, 0.05) is 38.7 Å². The van der Waals surface area contributed by atoms with Crippen molar-refractivity contribution in [3.05, 3.63) is 267 Å². The summed E-state index contributed by atoms with van der Waals surface area (Å²) in [6.07, 6.45) is 0. The first-order valence-electron chi connectivity index (χ1n) is 23.4. The van der Waals surface area contributed by atoms with Gasteiger partial charge in [0.1, 0.15) is 0 Å². The molecule has 13 rings (SSSR count). The number of aromatic nitrogens is 1. The smallest absolute Gasteiger partial charge is 0.0619 e. The van der Waals surface area contributed by atoms with E-state index < -0.39 is 0 Å². The molecule has 0 fully saturated rings. The summed E-state index contributed by atoms with van der Waals surface area (Å²) in [5.74, 6) is 0. The van der Waals surface area contributed by atoms with Gasteiger partial charge in [-0.2, -0.15) is 0 Å². The van der Waals surface area contributed by atoms with Crippen molar-refractivity contribution in [1.29, 1.82) is 0 Å². The predicted molar refractivity (Wildman–Crippen MR) is 290 cm³/mol. The summed E-state index contributed by atoms with van der Waals surface area (Å²) in [4.78, 5) is 2.45. The van der Waals surface area contributed by atoms with Gasteiger partial charge in [-0.1, -0.05) is 218 Å². The molecule has 12 aromatic carbocycles. The third kappa shape index (κ3) is 6.65. The highest BCUT2D eigenvalue weighted by Crippen LogP contribution is 2.46. The molecule has 318 valence electrons. The van der Waals surface area contributed by atoms with Crippen LogP contribution in [0.3, 0.4) is 0 Å². The van der Waals surface area contributed by atoms with Crippen molar-refractivity contribution in [3.8, 4) is 50.2 Å². The maximum absolute atomic E-state index is 2.48. The standard InChI is InChI=1S/C66H44N2/c1-3-18-45(19-4-1)49-37-40-56(46-20-5-2-6-21-46)65(44-49)67(53-25-17-24-50(42-53)62-43-51-23-8-9-26-54(51)58-29-11-12-30-59(58)62)52-38-34-48(35-39-52)55-27-13-15-32-63(55)68-64-33-16-14-31-60(64)61-41-36-47-22-7-10-28-57(47)66(61)68/h1-44H. The normalized spacial score (nSPS) is 11.5. The second-order valence-electron chi connectivity index (χ2n) is 17.6. The van der Waals surface area contributed by atoms with Gasteiger partial charge in [-0.05, 0) is 109 Å². The highest BCUT2D eigenvalue weighted by atomic mass is 15.1. The van der Waals surface area contributed by atoms with Crippen molar-refractivity contribution in [1.82, 2.24) is 4.57 Å². The summed E-state index contributed by atoms with van der Waals surface area (Å²) < 4.78 is 2.48.